The van der Waals surface area contributed by atoms with Gasteiger partial charge in [-0.2, -0.15) is 0 Å². The maximum atomic E-state index is 3.56. The van der Waals surface area contributed by atoms with Gasteiger partial charge in [-0.15, -0.1) is 0 Å². The van der Waals surface area contributed by atoms with Crippen LogP contribution in [-0.2, 0) is 0 Å². The van der Waals surface area contributed by atoms with Crippen LogP contribution in [0.15, 0.2) is 28.7 Å². The van der Waals surface area contributed by atoms with Crippen LogP contribution in [0.5, 0.6) is 0 Å². The molecule has 0 unspecified atom stereocenters. The monoisotopic (exact) mass is 251 g/mol. The molecule has 2 bridgehead atoms. The maximum Gasteiger partial charge on any atom is 0.0175 e. The maximum absolute atomic E-state index is 3.56. The Hall–Kier alpha value is -0.340. The zero-order valence-corrected chi connectivity index (χ0v) is 9.63. The fourth-order valence-corrected chi connectivity index (χ4v) is 3.22. The van der Waals surface area contributed by atoms with Crippen LogP contribution in [0.2, 0.25) is 0 Å². The standard InChI is InChI=1S/C12H14BrN/c13-10-3-1-8(2-4-10)12-6-11-5-9(12)7-14-11/h1-4,9,11-12,14H,5-7H2/t9-,11-,12-/m0/s1. The minimum atomic E-state index is 0.800. The van der Waals surface area contributed by atoms with E-state index in [0.717, 1.165) is 17.9 Å². The summed E-state index contributed by atoms with van der Waals surface area (Å²) in [5.41, 5.74) is 1.53. The molecule has 1 saturated heterocycles. The summed E-state index contributed by atoms with van der Waals surface area (Å²) >= 11 is 3.48. The van der Waals surface area contributed by atoms with E-state index in [-0.39, 0.29) is 0 Å². The molecule has 0 radical (unpaired) electrons. The minimum Gasteiger partial charge on any atom is -0.314 e. The van der Waals surface area contributed by atoms with Gasteiger partial charge in [0.05, 0.1) is 0 Å². The normalized spacial score (nSPS) is 35.1. The van der Waals surface area contributed by atoms with Crippen LogP contribution in [0.3, 0.4) is 0 Å². The van der Waals surface area contributed by atoms with Gasteiger partial charge in [-0.3, -0.25) is 0 Å². The molecular formula is C12H14BrN. The third-order valence-corrected chi connectivity index (χ3v) is 4.19. The topological polar surface area (TPSA) is 12.0 Å². The molecule has 2 fully saturated rings. The summed E-state index contributed by atoms with van der Waals surface area (Å²) in [5, 5.41) is 3.56. The average Bonchev–Trinajstić information content (AvgIpc) is 2.80. The molecule has 1 aromatic carbocycles. The van der Waals surface area contributed by atoms with Crippen LogP contribution in [-0.4, -0.2) is 12.6 Å². The number of nitrogens with one attached hydrogen (secondary N) is 1. The molecule has 1 aliphatic heterocycles. The predicted octanol–water partition coefficient (Wildman–Crippen LogP) is 2.91. The summed E-state index contributed by atoms with van der Waals surface area (Å²) < 4.78 is 1.18. The number of fused-ring (bicyclic) bond motifs is 2. The predicted molar refractivity (Wildman–Crippen MR) is 61.4 cm³/mol. The van der Waals surface area contributed by atoms with Crippen LogP contribution in [0.1, 0.15) is 24.3 Å². The first-order chi connectivity index (χ1) is 6.83. The largest absolute Gasteiger partial charge is 0.314 e. The van der Waals surface area contributed by atoms with E-state index in [2.05, 4.69) is 45.5 Å². The molecule has 3 rings (SSSR count). The second-order valence-electron chi connectivity index (χ2n) is 4.49. The summed E-state index contributed by atoms with van der Waals surface area (Å²) in [6.45, 7) is 1.23. The van der Waals surface area contributed by atoms with Crippen LogP contribution >= 0.6 is 15.9 Å². The van der Waals surface area contributed by atoms with Crippen molar-refractivity contribution in [1.82, 2.24) is 5.32 Å². The molecule has 1 saturated carbocycles. The van der Waals surface area contributed by atoms with E-state index in [9.17, 15) is 0 Å². The SMILES string of the molecule is Brc1ccc([C@@H]2C[C@@H]3C[C@H]2CN3)cc1. The van der Waals surface area contributed by atoms with Gasteiger partial charge in [-0.05, 0) is 48.9 Å². The van der Waals surface area contributed by atoms with Crippen molar-refractivity contribution >= 4 is 15.9 Å². The number of benzene rings is 1. The molecule has 0 amide bonds. The summed E-state index contributed by atoms with van der Waals surface area (Å²) in [6.07, 6.45) is 2.73. The van der Waals surface area contributed by atoms with Gasteiger partial charge in [0, 0.05) is 10.5 Å². The average molecular weight is 252 g/mol. The van der Waals surface area contributed by atoms with E-state index in [1.165, 1.54) is 29.4 Å². The van der Waals surface area contributed by atoms with Gasteiger partial charge in [0.15, 0.2) is 0 Å². The molecule has 2 heteroatoms. The van der Waals surface area contributed by atoms with E-state index in [4.69, 9.17) is 0 Å². The van der Waals surface area contributed by atoms with E-state index in [0.29, 0.717) is 0 Å². The first-order valence-corrected chi connectivity index (χ1v) is 6.11. The molecule has 74 valence electrons. The van der Waals surface area contributed by atoms with E-state index in [1.54, 1.807) is 0 Å². The van der Waals surface area contributed by atoms with Crippen LogP contribution < -0.4 is 5.32 Å². The van der Waals surface area contributed by atoms with Crippen molar-refractivity contribution < 1.29 is 0 Å². The van der Waals surface area contributed by atoms with E-state index in [1.807, 2.05) is 0 Å². The van der Waals surface area contributed by atoms with Crippen molar-refractivity contribution in [3.8, 4) is 0 Å². The fraction of sp³-hybridized carbons (Fsp3) is 0.500. The van der Waals surface area contributed by atoms with Crippen molar-refractivity contribution in [1.29, 1.82) is 0 Å². The molecule has 2 aliphatic rings. The first-order valence-electron chi connectivity index (χ1n) is 5.32. The first kappa shape index (κ1) is 8.93. The Morgan fingerprint density at radius 3 is 2.50 bits per heavy atom. The summed E-state index contributed by atoms with van der Waals surface area (Å²) in [6, 6.07) is 9.67. The third kappa shape index (κ3) is 1.41. The summed E-state index contributed by atoms with van der Waals surface area (Å²) in [4.78, 5) is 0. The smallest absolute Gasteiger partial charge is 0.0175 e. The minimum absolute atomic E-state index is 0.800. The van der Waals surface area contributed by atoms with E-state index < -0.39 is 0 Å². The molecule has 14 heavy (non-hydrogen) atoms. The molecule has 1 N–H and O–H groups in total. The lowest BCUT2D eigenvalue weighted by molar-refractivity contribution is 0.441. The molecule has 3 atom stereocenters. The second kappa shape index (κ2) is 3.35. The fourth-order valence-electron chi connectivity index (χ4n) is 2.95. The second-order valence-corrected chi connectivity index (χ2v) is 5.41. The highest BCUT2D eigenvalue weighted by Crippen LogP contribution is 2.43. The van der Waals surface area contributed by atoms with Crippen molar-refractivity contribution in [3.63, 3.8) is 0 Å². The molecular weight excluding hydrogens is 238 g/mol. The van der Waals surface area contributed by atoms with Crippen molar-refractivity contribution in [3.05, 3.63) is 34.3 Å². The molecule has 1 aromatic rings. The van der Waals surface area contributed by atoms with Gasteiger partial charge < -0.3 is 5.32 Å². The Balaban J connectivity index is 1.86. The Labute approximate surface area is 93.0 Å². The lowest BCUT2D eigenvalue weighted by Gasteiger charge is -2.22. The highest BCUT2D eigenvalue weighted by atomic mass is 79.9. The lowest BCUT2D eigenvalue weighted by Crippen LogP contribution is -2.28. The zero-order valence-electron chi connectivity index (χ0n) is 8.04. The van der Waals surface area contributed by atoms with Gasteiger partial charge in [0.1, 0.15) is 0 Å². The Bertz CT molecular complexity index is 333. The van der Waals surface area contributed by atoms with Crippen molar-refractivity contribution in [2.45, 2.75) is 24.8 Å². The highest BCUT2D eigenvalue weighted by Gasteiger charge is 2.39. The van der Waals surface area contributed by atoms with E-state index >= 15 is 0 Å². The van der Waals surface area contributed by atoms with Gasteiger partial charge in [-0.1, -0.05) is 28.1 Å². The summed E-state index contributed by atoms with van der Waals surface area (Å²) in [7, 11) is 0. The quantitative estimate of drug-likeness (QED) is 0.810. The van der Waals surface area contributed by atoms with Gasteiger partial charge >= 0.3 is 0 Å². The van der Waals surface area contributed by atoms with Crippen molar-refractivity contribution in [2.24, 2.45) is 5.92 Å². The molecule has 1 heterocycles. The van der Waals surface area contributed by atoms with Crippen molar-refractivity contribution in [2.75, 3.05) is 6.54 Å². The van der Waals surface area contributed by atoms with Gasteiger partial charge in [0.2, 0.25) is 0 Å². The molecule has 1 aliphatic carbocycles. The number of piperidine rings is 1. The number of rotatable bonds is 1. The van der Waals surface area contributed by atoms with Gasteiger partial charge in [-0.25, -0.2) is 0 Å². The lowest BCUT2D eigenvalue weighted by atomic mass is 9.88. The number of halogens is 1. The number of hydrogen-bond acceptors (Lipinski definition) is 1. The van der Waals surface area contributed by atoms with Crippen LogP contribution in [0, 0.1) is 5.92 Å². The molecule has 0 aromatic heterocycles. The highest BCUT2D eigenvalue weighted by molar-refractivity contribution is 9.10. The van der Waals surface area contributed by atoms with Crippen LogP contribution in [0.25, 0.3) is 0 Å². The van der Waals surface area contributed by atoms with Gasteiger partial charge in [0.25, 0.3) is 0 Å². The molecule has 1 nitrogen and oxygen atoms in total. The zero-order chi connectivity index (χ0) is 9.54. The summed E-state index contributed by atoms with van der Waals surface area (Å²) in [5.74, 6) is 1.70. The Morgan fingerprint density at radius 1 is 1.14 bits per heavy atom. The van der Waals surface area contributed by atoms with Crippen LogP contribution in [0.4, 0.5) is 0 Å². The number of hydrogen-bond donors (Lipinski definition) is 1. The third-order valence-electron chi connectivity index (χ3n) is 3.66. The Kier molecular flexibility index (Phi) is 2.14. The molecule has 0 spiro atoms. The Morgan fingerprint density at radius 2 is 1.93 bits per heavy atom.